The van der Waals surface area contributed by atoms with E-state index in [1.165, 1.54) is 0 Å². The molecule has 1 aliphatic heterocycles. The van der Waals surface area contributed by atoms with Gasteiger partial charge in [-0.15, -0.1) is 0 Å². The molecule has 0 spiro atoms. The molecule has 1 aliphatic rings. The number of aromatic nitrogens is 2. The Morgan fingerprint density at radius 1 is 1.44 bits per heavy atom. The SMILES string of the molecule is Cc1nn(C)c(C)c1C(C)C(=O)NC1CCCOc2c(Cl)cccc21. The predicted molar refractivity (Wildman–Crippen MR) is 98.2 cm³/mol. The average molecular weight is 362 g/mol. The standard InChI is InChI=1S/C19H24ClN3O2/c1-11(17-12(2)22-23(4)13(17)3)19(24)21-16-9-6-10-25-18-14(16)7-5-8-15(18)20/h5,7-8,11,16H,6,9-10H2,1-4H3,(H,21,24). The van der Waals surface area contributed by atoms with E-state index in [0.29, 0.717) is 17.4 Å². The van der Waals surface area contributed by atoms with Gasteiger partial charge in [-0.25, -0.2) is 0 Å². The lowest BCUT2D eigenvalue weighted by Gasteiger charge is -2.21. The van der Waals surface area contributed by atoms with Gasteiger partial charge in [0.25, 0.3) is 0 Å². The van der Waals surface area contributed by atoms with Gasteiger partial charge in [0.2, 0.25) is 5.91 Å². The van der Waals surface area contributed by atoms with Gasteiger partial charge in [0.1, 0.15) is 5.75 Å². The molecule has 3 rings (SSSR count). The second kappa shape index (κ2) is 7.08. The van der Waals surface area contributed by atoms with Crippen LogP contribution in [0.2, 0.25) is 5.02 Å². The van der Waals surface area contributed by atoms with Gasteiger partial charge in [0, 0.05) is 23.9 Å². The van der Waals surface area contributed by atoms with Crippen molar-refractivity contribution in [3.63, 3.8) is 0 Å². The van der Waals surface area contributed by atoms with Crippen molar-refractivity contribution in [2.75, 3.05) is 6.61 Å². The molecule has 2 aromatic rings. The first kappa shape index (κ1) is 17.8. The van der Waals surface area contributed by atoms with E-state index < -0.39 is 0 Å². The van der Waals surface area contributed by atoms with E-state index in [4.69, 9.17) is 16.3 Å². The number of nitrogens with one attached hydrogen (secondary N) is 1. The molecule has 0 saturated heterocycles. The monoisotopic (exact) mass is 361 g/mol. The van der Waals surface area contributed by atoms with Crippen molar-refractivity contribution in [1.82, 2.24) is 15.1 Å². The minimum Gasteiger partial charge on any atom is -0.492 e. The molecule has 1 aromatic heterocycles. The Labute approximate surface area is 153 Å². The van der Waals surface area contributed by atoms with Gasteiger partial charge in [-0.05, 0) is 39.7 Å². The van der Waals surface area contributed by atoms with E-state index in [1.54, 1.807) is 0 Å². The molecule has 0 saturated carbocycles. The van der Waals surface area contributed by atoms with Crippen LogP contribution in [-0.2, 0) is 11.8 Å². The van der Waals surface area contributed by atoms with Gasteiger partial charge in [-0.2, -0.15) is 5.10 Å². The zero-order valence-corrected chi connectivity index (χ0v) is 15.9. The van der Waals surface area contributed by atoms with E-state index in [9.17, 15) is 4.79 Å². The van der Waals surface area contributed by atoms with Crippen molar-refractivity contribution in [2.45, 2.75) is 45.6 Å². The zero-order valence-electron chi connectivity index (χ0n) is 15.1. The normalized spacial score (nSPS) is 18.0. The highest BCUT2D eigenvalue weighted by molar-refractivity contribution is 6.32. The summed E-state index contributed by atoms with van der Waals surface area (Å²) in [6.07, 6.45) is 1.70. The third-order valence-corrected chi connectivity index (χ3v) is 5.26. The molecule has 1 aromatic carbocycles. The fourth-order valence-electron chi connectivity index (χ4n) is 3.56. The second-order valence-electron chi connectivity index (χ2n) is 6.64. The van der Waals surface area contributed by atoms with Crippen molar-refractivity contribution in [1.29, 1.82) is 0 Å². The van der Waals surface area contributed by atoms with Crippen LogP contribution in [0.25, 0.3) is 0 Å². The summed E-state index contributed by atoms with van der Waals surface area (Å²) in [6.45, 7) is 6.48. The number of fused-ring (bicyclic) bond motifs is 1. The molecule has 0 radical (unpaired) electrons. The van der Waals surface area contributed by atoms with Gasteiger partial charge in [0.15, 0.2) is 0 Å². The summed E-state index contributed by atoms with van der Waals surface area (Å²) in [5.74, 6) is 0.422. The van der Waals surface area contributed by atoms with Crippen LogP contribution in [0.1, 0.15) is 54.2 Å². The fraction of sp³-hybridized carbons (Fsp3) is 0.474. The molecule has 0 fully saturated rings. The van der Waals surface area contributed by atoms with E-state index >= 15 is 0 Å². The van der Waals surface area contributed by atoms with Crippen LogP contribution in [0.3, 0.4) is 0 Å². The maximum atomic E-state index is 12.9. The highest BCUT2D eigenvalue weighted by atomic mass is 35.5. The van der Waals surface area contributed by atoms with Crippen LogP contribution < -0.4 is 10.1 Å². The van der Waals surface area contributed by atoms with Crippen molar-refractivity contribution in [2.24, 2.45) is 7.05 Å². The number of rotatable bonds is 3. The molecule has 2 heterocycles. The Morgan fingerprint density at radius 3 is 2.88 bits per heavy atom. The smallest absolute Gasteiger partial charge is 0.227 e. The fourth-order valence-corrected chi connectivity index (χ4v) is 3.80. The average Bonchev–Trinajstić information content (AvgIpc) is 2.74. The molecule has 25 heavy (non-hydrogen) atoms. The Morgan fingerprint density at radius 2 is 2.20 bits per heavy atom. The summed E-state index contributed by atoms with van der Waals surface area (Å²) >= 11 is 6.27. The molecule has 1 amide bonds. The van der Waals surface area contributed by atoms with Gasteiger partial charge >= 0.3 is 0 Å². The third-order valence-electron chi connectivity index (χ3n) is 4.96. The molecule has 2 unspecified atom stereocenters. The zero-order chi connectivity index (χ0) is 18.1. The maximum Gasteiger partial charge on any atom is 0.227 e. The first-order chi connectivity index (χ1) is 11.9. The number of aryl methyl sites for hydroxylation is 2. The van der Waals surface area contributed by atoms with Crippen LogP contribution >= 0.6 is 11.6 Å². The van der Waals surface area contributed by atoms with Crippen LogP contribution in [0.15, 0.2) is 18.2 Å². The highest BCUT2D eigenvalue weighted by Crippen LogP contribution is 2.37. The largest absolute Gasteiger partial charge is 0.492 e. The third kappa shape index (κ3) is 3.38. The lowest BCUT2D eigenvalue weighted by atomic mass is 9.96. The predicted octanol–water partition coefficient (Wildman–Crippen LogP) is 3.82. The minimum absolute atomic E-state index is 0.00275. The maximum absolute atomic E-state index is 12.9. The number of hydrogen-bond donors (Lipinski definition) is 1. The van der Waals surface area contributed by atoms with Crippen LogP contribution in [0.5, 0.6) is 5.75 Å². The molecule has 1 N–H and O–H groups in total. The van der Waals surface area contributed by atoms with Crippen molar-refractivity contribution < 1.29 is 9.53 Å². The van der Waals surface area contributed by atoms with Crippen molar-refractivity contribution in [3.05, 3.63) is 45.7 Å². The quantitative estimate of drug-likeness (QED) is 0.904. The first-order valence-electron chi connectivity index (χ1n) is 8.61. The summed E-state index contributed by atoms with van der Waals surface area (Å²) in [5, 5.41) is 8.20. The molecule has 134 valence electrons. The lowest BCUT2D eigenvalue weighted by molar-refractivity contribution is -0.123. The number of nitrogens with zero attached hydrogens (tertiary/aromatic N) is 2. The van der Waals surface area contributed by atoms with E-state index in [1.807, 2.05) is 50.7 Å². The number of carbonyl (C=O) groups is 1. The Bertz CT molecular complexity index is 800. The van der Waals surface area contributed by atoms with E-state index in [0.717, 1.165) is 35.4 Å². The summed E-state index contributed by atoms with van der Waals surface area (Å²) in [7, 11) is 1.90. The number of para-hydroxylation sites is 1. The first-order valence-corrected chi connectivity index (χ1v) is 8.99. The molecule has 0 aliphatic carbocycles. The Kier molecular flexibility index (Phi) is 5.04. The molecule has 0 bridgehead atoms. The molecule has 5 nitrogen and oxygen atoms in total. The van der Waals surface area contributed by atoms with Gasteiger partial charge in [-0.3, -0.25) is 9.48 Å². The number of hydrogen-bond acceptors (Lipinski definition) is 3. The van der Waals surface area contributed by atoms with Crippen LogP contribution in [0.4, 0.5) is 0 Å². The second-order valence-corrected chi connectivity index (χ2v) is 7.05. The van der Waals surface area contributed by atoms with Crippen LogP contribution in [-0.4, -0.2) is 22.3 Å². The van der Waals surface area contributed by atoms with Gasteiger partial charge in [-0.1, -0.05) is 23.7 Å². The summed E-state index contributed by atoms with van der Waals surface area (Å²) < 4.78 is 7.60. The molecule has 2 atom stereocenters. The summed E-state index contributed by atoms with van der Waals surface area (Å²) in [5.41, 5.74) is 3.87. The Hall–Kier alpha value is -2.01. The van der Waals surface area contributed by atoms with Gasteiger partial charge < -0.3 is 10.1 Å². The number of halogens is 1. The summed E-state index contributed by atoms with van der Waals surface area (Å²) in [6, 6.07) is 5.59. The number of benzene rings is 1. The van der Waals surface area contributed by atoms with E-state index in [-0.39, 0.29) is 17.9 Å². The number of carbonyl (C=O) groups excluding carboxylic acids is 1. The topological polar surface area (TPSA) is 56.2 Å². The molecular formula is C19H24ClN3O2. The summed E-state index contributed by atoms with van der Waals surface area (Å²) in [4.78, 5) is 12.9. The van der Waals surface area contributed by atoms with Crippen LogP contribution in [0, 0.1) is 13.8 Å². The van der Waals surface area contributed by atoms with Crippen molar-refractivity contribution >= 4 is 17.5 Å². The minimum atomic E-state index is -0.263. The number of ether oxygens (including phenoxy) is 1. The van der Waals surface area contributed by atoms with E-state index in [2.05, 4.69) is 10.4 Å². The highest BCUT2D eigenvalue weighted by Gasteiger charge is 2.27. The van der Waals surface area contributed by atoms with Crippen molar-refractivity contribution in [3.8, 4) is 5.75 Å². The molecule has 6 heteroatoms. The number of amides is 1. The van der Waals surface area contributed by atoms with Gasteiger partial charge in [0.05, 0.1) is 29.3 Å². The molecular weight excluding hydrogens is 338 g/mol. The Balaban J connectivity index is 1.85. The lowest BCUT2D eigenvalue weighted by Crippen LogP contribution is -2.32.